The summed E-state index contributed by atoms with van der Waals surface area (Å²) in [6, 6.07) is 0. The van der Waals surface area contributed by atoms with Gasteiger partial charge < -0.3 is 10.8 Å². The second-order valence-electron chi connectivity index (χ2n) is 3.46. The van der Waals surface area contributed by atoms with Gasteiger partial charge in [0.2, 0.25) is 0 Å². The van der Waals surface area contributed by atoms with E-state index in [4.69, 9.17) is 5.73 Å². The molecule has 1 saturated carbocycles. The Morgan fingerprint density at radius 3 is 2.67 bits per heavy atom. The lowest BCUT2D eigenvalue weighted by molar-refractivity contribution is 0.180. The van der Waals surface area contributed by atoms with Crippen LogP contribution in [0.1, 0.15) is 32.1 Å². The van der Waals surface area contributed by atoms with Gasteiger partial charge in [0.15, 0.2) is 0 Å². The van der Waals surface area contributed by atoms with E-state index in [0.717, 1.165) is 17.4 Å². The molecule has 0 radical (unpaired) electrons. The third-order valence-electron chi connectivity index (χ3n) is 2.38. The van der Waals surface area contributed by atoms with E-state index in [9.17, 15) is 5.11 Å². The lowest BCUT2D eigenvalue weighted by Gasteiger charge is -2.10. The highest BCUT2D eigenvalue weighted by atomic mass is 32.2. The molecule has 72 valence electrons. The van der Waals surface area contributed by atoms with E-state index in [1.165, 1.54) is 25.7 Å². The summed E-state index contributed by atoms with van der Waals surface area (Å²) in [4.78, 5) is 0. The van der Waals surface area contributed by atoms with E-state index in [1.807, 2.05) is 11.8 Å². The van der Waals surface area contributed by atoms with Crippen LogP contribution in [0.15, 0.2) is 0 Å². The summed E-state index contributed by atoms with van der Waals surface area (Å²) >= 11 is 2.01. The molecule has 0 amide bonds. The molecule has 3 N–H and O–H groups in total. The Bertz CT molecular complexity index is 115. The first-order chi connectivity index (χ1) is 5.83. The van der Waals surface area contributed by atoms with Crippen LogP contribution >= 0.6 is 11.8 Å². The fraction of sp³-hybridized carbons (Fsp3) is 1.00. The summed E-state index contributed by atoms with van der Waals surface area (Å²) < 4.78 is 0. The zero-order valence-electron chi connectivity index (χ0n) is 7.54. The Hall–Kier alpha value is 0.270. The SMILES string of the molecule is NCC(O)CCSC1CCCC1. The minimum absolute atomic E-state index is 0.279. The fourth-order valence-electron chi connectivity index (χ4n) is 1.54. The average molecular weight is 189 g/mol. The Labute approximate surface area is 78.9 Å². The Kier molecular flexibility index (Phi) is 5.04. The summed E-state index contributed by atoms with van der Waals surface area (Å²) in [5.74, 6) is 1.07. The second kappa shape index (κ2) is 5.84. The van der Waals surface area contributed by atoms with Gasteiger partial charge in [0.25, 0.3) is 0 Å². The van der Waals surface area contributed by atoms with Gasteiger partial charge in [-0.1, -0.05) is 12.8 Å². The van der Waals surface area contributed by atoms with Crippen molar-refractivity contribution >= 4 is 11.8 Å². The molecule has 3 heteroatoms. The topological polar surface area (TPSA) is 46.2 Å². The summed E-state index contributed by atoms with van der Waals surface area (Å²) in [5.41, 5.74) is 5.31. The maximum atomic E-state index is 9.19. The average Bonchev–Trinajstić information content (AvgIpc) is 2.57. The van der Waals surface area contributed by atoms with Gasteiger partial charge in [0, 0.05) is 11.8 Å². The quantitative estimate of drug-likeness (QED) is 0.686. The van der Waals surface area contributed by atoms with Crippen LogP contribution in [0.2, 0.25) is 0 Å². The number of hydrogen-bond donors (Lipinski definition) is 2. The number of aliphatic hydroxyl groups excluding tert-OH is 1. The van der Waals surface area contributed by atoms with Gasteiger partial charge in [-0.25, -0.2) is 0 Å². The van der Waals surface area contributed by atoms with Crippen molar-refractivity contribution in [3.05, 3.63) is 0 Å². The molecule has 0 spiro atoms. The number of nitrogens with two attached hydrogens (primary N) is 1. The molecule has 0 aromatic carbocycles. The van der Waals surface area contributed by atoms with Gasteiger partial charge in [-0.15, -0.1) is 0 Å². The van der Waals surface area contributed by atoms with Crippen LogP contribution in [0.25, 0.3) is 0 Å². The summed E-state index contributed by atoms with van der Waals surface area (Å²) in [6.45, 7) is 0.408. The van der Waals surface area contributed by atoms with E-state index in [1.54, 1.807) is 0 Å². The van der Waals surface area contributed by atoms with Crippen LogP contribution in [0.5, 0.6) is 0 Å². The van der Waals surface area contributed by atoms with E-state index in [-0.39, 0.29) is 6.10 Å². The predicted molar refractivity (Wildman–Crippen MR) is 54.4 cm³/mol. The zero-order valence-corrected chi connectivity index (χ0v) is 8.35. The molecular formula is C9H19NOS. The Balaban J connectivity index is 1.94. The molecule has 1 aliphatic carbocycles. The van der Waals surface area contributed by atoms with Gasteiger partial charge in [-0.3, -0.25) is 0 Å². The standard InChI is InChI=1S/C9H19NOS/c10-7-8(11)5-6-12-9-3-1-2-4-9/h8-9,11H,1-7,10H2. The monoisotopic (exact) mass is 189 g/mol. The molecule has 1 rings (SSSR count). The molecule has 0 heterocycles. The van der Waals surface area contributed by atoms with Gasteiger partial charge in [0.1, 0.15) is 0 Å². The van der Waals surface area contributed by atoms with Crippen LogP contribution in [0.4, 0.5) is 0 Å². The van der Waals surface area contributed by atoms with Crippen molar-refractivity contribution in [1.82, 2.24) is 0 Å². The van der Waals surface area contributed by atoms with Crippen molar-refractivity contribution in [2.45, 2.75) is 43.5 Å². The molecule has 0 aromatic heterocycles. The van der Waals surface area contributed by atoms with Crippen LogP contribution in [0, 0.1) is 0 Å². The molecule has 12 heavy (non-hydrogen) atoms. The van der Waals surface area contributed by atoms with Crippen LogP contribution in [-0.2, 0) is 0 Å². The molecule has 0 saturated heterocycles. The molecule has 2 nitrogen and oxygen atoms in total. The Morgan fingerprint density at radius 1 is 1.42 bits per heavy atom. The molecule has 1 atom stereocenters. The number of thioether (sulfide) groups is 1. The Morgan fingerprint density at radius 2 is 2.08 bits per heavy atom. The highest BCUT2D eigenvalue weighted by molar-refractivity contribution is 7.99. The maximum Gasteiger partial charge on any atom is 0.0670 e. The van der Waals surface area contributed by atoms with Crippen molar-refractivity contribution in [2.75, 3.05) is 12.3 Å². The smallest absolute Gasteiger partial charge is 0.0670 e. The van der Waals surface area contributed by atoms with Crippen LogP contribution in [0.3, 0.4) is 0 Å². The van der Waals surface area contributed by atoms with E-state index in [2.05, 4.69) is 0 Å². The molecule has 0 aliphatic heterocycles. The first-order valence-corrected chi connectivity index (χ1v) is 5.87. The van der Waals surface area contributed by atoms with E-state index < -0.39 is 0 Å². The van der Waals surface area contributed by atoms with Crippen molar-refractivity contribution in [2.24, 2.45) is 5.73 Å². The van der Waals surface area contributed by atoms with Crippen molar-refractivity contribution in [3.8, 4) is 0 Å². The van der Waals surface area contributed by atoms with Gasteiger partial charge >= 0.3 is 0 Å². The summed E-state index contributed by atoms with van der Waals surface area (Å²) in [5, 5.41) is 10.1. The molecule has 1 unspecified atom stereocenters. The van der Waals surface area contributed by atoms with Crippen LogP contribution < -0.4 is 5.73 Å². The van der Waals surface area contributed by atoms with E-state index >= 15 is 0 Å². The predicted octanol–water partition coefficient (Wildman–Crippen LogP) is 1.37. The largest absolute Gasteiger partial charge is 0.392 e. The van der Waals surface area contributed by atoms with Gasteiger partial charge in [-0.2, -0.15) is 11.8 Å². The number of rotatable bonds is 5. The molecular weight excluding hydrogens is 170 g/mol. The minimum Gasteiger partial charge on any atom is -0.392 e. The third-order valence-corrected chi connectivity index (χ3v) is 3.79. The normalized spacial score (nSPS) is 21.5. The zero-order chi connectivity index (χ0) is 8.81. The second-order valence-corrected chi connectivity index (χ2v) is 4.86. The van der Waals surface area contributed by atoms with Crippen molar-refractivity contribution in [1.29, 1.82) is 0 Å². The lowest BCUT2D eigenvalue weighted by Crippen LogP contribution is -2.20. The molecule has 1 aliphatic rings. The fourth-order valence-corrected chi connectivity index (χ4v) is 2.95. The first-order valence-electron chi connectivity index (χ1n) is 4.82. The van der Waals surface area contributed by atoms with E-state index in [0.29, 0.717) is 6.54 Å². The lowest BCUT2D eigenvalue weighted by atomic mass is 10.3. The van der Waals surface area contributed by atoms with Gasteiger partial charge in [-0.05, 0) is 25.0 Å². The van der Waals surface area contributed by atoms with Gasteiger partial charge in [0.05, 0.1) is 6.10 Å². The van der Waals surface area contributed by atoms with Crippen LogP contribution in [-0.4, -0.2) is 28.8 Å². The number of aliphatic hydroxyl groups is 1. The molecule has 0 bridgehead atoms. The third kappa shape index (κ3) is 3.78. The maximum absolute atomic E-state index is 9.19. The van der Waals surface area contributed by atoms with Crippen molar-refractivity contribution in [3.63, 3.8) is 0 Å². The minimum atomic E-state index is -0.279. The van der Waals surface area contributed by atoms with Crippen molar-refractivity contribution < 1.29 is 5.11 Å². The summed E-state index contributed by atoms with van der Waals surface area (Å²) in [7, 11) is 0. The summed E-state index contributed by atoms with van der Waals surface area (Å²) in [6.07, 6.45) is 6.14. The molecule has 0 aromatic rings. The first kappa shape index (κ1) is 10.4. The molecule has 1 fully saturated rings. The number of hydrogen-bond acceptors (Lipinski definition) is 3. The highest BCUT2D eigenvalue weighted by Crippen LogP contribution is 2.29. The highest BCUT2D eigenvalue weighted by Gasteiger charge is 2.15.